The molecule has 2 aromatic rings. The molecule has 2 aromatic carbocycles. The van der Waals surface area contributed by atoms with Gasteiger partial charge in [0.1, 0.15) is 5.69 Å². The van der Waals surface area contributed by atoms with Crippen molar-refractivity contribution in [3.8, 4) is 0 Å². The number of nitro benzene ring substituents is 1. The van der Waals surface area contributed by atoms with Gasteiger partial charge in [-0.05, 0) is 55.7 Å². The maximum absolute atomic E-state index is 12.5. The van der Waals surface area contributed by atoms with E-state index in [2.05, 4.69) is 5.32 Å². The number of benzene rings is 2. The van der Waals surface area contributed by atoms with Crippen LogP contribution in [0.25, 0.3) is 0 Å². The van der Waals surface area contributed by atoms with Crippen molar-refractivity contribution in [3.63, 3.8) is 0 Å². The molecule has 3 N–H and O–H groups in total. The number of carbonyl (C=O) groups is 2. The first-order valence-electron chi connectivity index (χ1n) is 8.70. The number of nitrogens with two attached hydrogens (primary N) is 1. The van der Waals surface area contributed by atoms with Gasteiger partial charge in [0, 0.05) is 36.0 Å². The summed E-state index contributed by atoms with van der Waals surface area (Å²) in [5.74, 6) is -1.02. The summed E-state index contributed by atoms with van der Waals surface area (Å²) in [6, 6.07) is 10.6. The van der Waals surface area contributed by atoms with E-state index in [1.807, 2.05) is 4.90 Å². The van der Waals surface area contributed by atoms with Gasteiger partial charge in [0.2, 0.25) is 5.91 Å². The zero-order valence-corrected chi connectivity index (χ0v) is 14.7. The maximum Gasteiger partial charge on any atom is 0.293 e. The van der Waals surface area contributed by atoms with Crippen molar-refractivity contribution in [2.45, 2.75) is 19.3 Å². The molecule has 1 heterocycles. The van der Waals surface area contributed by atoms with Crippen LogP contribution in [0, 0.1) is 10.1 Å². The van der Waals surface area contributed by atoms with Crippen molar-refractivity contribution in [3.05, 3.63) is 63.7 Å². The average Bonchev–Trinajstić information content (AvgIpc) is 2.68. The second kappa shape index (κ2) is 7.86. The summed E-state index contributed by atoms with van der Waals surface area (Å²) in [4.78, 5) is 36.6. The second-order valence-electron chi connectivity index (χ2n) is 6.40. The Labute approximate surface area is 156 Å². The largest absolute Gasteiger partial charge is 0.366 e. The van der Waals surface area contributed by atoms with Crippen LogP contribution in [0.3, 0.4) is 0 Å². The van der Waals surface area contributed by atoms with Crippen LogP contribution in [0.4, 0.5) is 17.1 Å². The minimum atomic E-state index is -0.559. The van der Waals surface area contributed by atoms with E-state index < -0.39 is 16.7 Å². The van der Waals surface area contributed by atoms with E-state index in [0.717, 1.165) is 32.4 Å². The molecular weight excluding hydrogens is 348 g/mol. The molecule has 0 unspecified atom stereocenters. The third-order valence-corrected chi connectivity index (χ3v) is 4.56. The van der Waals surface area contributed by atoms with Crippen molar-refractivity contribution in [1.82, 2.24) is 0 Å². The molecule has 0 aliphatic carbocycles. The molecule has 1 saturated heterocycles. The topological polar surface area (TPSA) is 119 Å². The number of carbonyl (C=O) groups excluding carboxylic acids is 2. The van der Waals surface area contributed by atoms with Crippen LogP contribution in [0.15, 0.2) is 42.5 Å². The number of nitrogens with zero attached hydrogens (tertiary/aromatic N) is 2. The van der Waals surface area contributed by atoms with Crippen LogP contribution in [0.5, 0.6) is 0 Å². The lowest BCUT2D eigenvalue weighted by Crippen LogP contribution is -2.30. The van der Waals surface area contributed by atoms with E-state index in [-0.39, 0.29) is 11.3 Å². The highest BCUT2D eigenvalue weighted by molar-refractivity contribution is 6.05. The van der Waals surface area contributed by atoms with Gasteiger partial charge in [-0.3, -0.25) is 19.7 Å². The lowest BCUT2D eigenvalue weighted by molar-refractivity contribution is -0.384. The second-order valence-corrected chi connectivity index (χ2v) is 6.40. The normalized spacial score (nSPS) is 13.9. The van der Waals surface area contributed by atoms with Gasteiger partial charge in [-0.1, -0.05) is 0 Å². The summed E-state index contributed by atoms with van der Waals surface area (Å²) in [5, 5.41) is 14.2. The van der Waals surface area contributed by atoms with Crippen LogP contribution >= 0.6 is 0 Å². The van der Waals surface area contributed by atoms with Gasteiger partial charge in [0.05, 0.1) is 4.92 Å². The monoisotopic (exact) mass is 368 g/mol. The van der Waals surface area contributed by atoms with E-state index in [4.69, 9.17) is 5.73 Å². The highest BCUT2D eigenvalue weighted by atomic mass is 16.6. The van der Waals surface area contributed by atoms with Gasteiger partial charge in [0.25, 0.3) is 11.6 Å². The summed E-state index contributed by atoms with van der Waals surface area (Å²) in [6.07, 6.45) is 3.13. The molecule has 2 amide bonds. The first-order valence-corrected chi connectivity index (χ1v) is 8.70. The number of anilines is 2. The van der Waals surface area contributed by atoms with Crippen LogP contribution in [-0.4, -0.2) is 29.8 Å². The highest BCUT2D eigenvalue weighted by Crippen LogP contribution is 2.31. The fraction of sp³-hybridized carbons (Fsp3) is 0.263. The zero-order valence-electron chi connectivity index (χ0n) is 14.7. The minimum absolute atomic E-state index is 0.0753. The summed E-state index contributed by atoms with van der Waals surface area (Å²) in [6.45, 7) is 1.55. The number of hydrogen-bond donors (Lipinski definition) is 2. The van der Waals surface area contributed by atoms with Crippen LogP contribution in [0.2, 0.25) is 0 Å². The molecule has 0 radical (unpaired) electrons. The van der Waals surface area contributed by atoms with Gasteiger partial charge in [-0.15, -0.1) is 0 Å². The molecule has 8 heteroatoms. The molecule has 0 bridgehead atoms. The SMILES string of the molecule is NC(=O)c1ccc(NC(=O)c2ccc(N3CCCCC3)c([N+](=O)[O-])c2)cc1. The summed E-state index contributed by atoms with van der Waals surface area (Å²) >= 11 is 0. The molecule has 27 heavy (non-hydrogen) atoms. The standard InChI is InChI=1S/C19H20N4O4/c20-18(24)13-4-7-15(8-5-13)21-19(25)14-6-9-16(17(12-14)23(26)27)22-10-2-1-3-11-22/h4-9,12H,1-3,10-11H2,(H2,20,24)(H,21,25). The summed E-state index contributed by atoms with van der Waals surface area (Å²) in [7, 11) is 0. The van der Waals surface area contributed by atoms with Gasteiger partial charge in [-0.2, -0.15) is 0 Å². The third kappa shape index (κ3) is 4.22. The molecule has 1 aliphatic rings. The molecule has 1 aliphatic heterocycles. The molecule has 3 rings (SSSR count). The van der Waals surface area contributed by atoms with Crippen molar-refractivity contribution in [2.24, 2.45) is 5.73 Å². The number of piperidine rings is 1. The molecule has 0 spiro atoms. The number of primary amides is 1. The van der Waals surface area contributed by atoms with Crippen molar-refractivity contribution in [2.75, 3.05) is 23.3 Å². The Morgan fingerprint density at radius 2 is 1.63 bits per heavy atom. The highest BCUT2D eigenvalue weighted by Gasteiger charge is 2.23. The molecule has 140 valence electrons. The Kier molecular flexibility index (Phi) is 5.35. The summed E-state index contributed by atoms with van der Waals surface area (Å²) < 4.78 is 0. The van der Waals surface area contributed by atoms with Crippen molar-refractivity contribution < 1.29 is 14.5 Å². The maximum atomic E-state index is 12.5. The summed E-state index contributed by atoms with van der Waals surface area (Å²) in [5.41, 5.74) is 6.64. The molecule has 0 atom stereocenters. The number of amides is 2. The van der Waals surface area contributed by atoms with Crippen molar-refractivity contribution in [1.29, 1.82) is 0 Å². The Hall–Kier alpha value is -3.42. The van der Waals surface area contributed by atoms with Gasteiger partial charge in [0.15, 0.2) is 0 Å². The molecule has 0 saturated carbocycles. The predicted octanol–water partition coefficient (Wildman–Crippen LogP) is 2.94. The molecule has 0 aromatic heterocycles. The predicted molar refractivity (Wildman–Crippen MR) is 102 cm³/mol. The van der Waals surface area contributed by atoms with Gasteiger partial charge >= 0.3 is 0 Å². The third-order valence-electron chi connectivity index (χ3n) is 4.56. The fourth-order valence-electron chi connectivity index (χ4n) is 3.13. The van der Waals surface area contributed by atoms with Gasteiger partial charge in [-0.25, -0.2) is 0 Å². The molecular formula is C19H20N4O4. The van der Waals surface area contributed by atoms with E-state index in [1.165, 1.54) is 18.2 Å². The fourth-order valence-corrected chi connectivity index (χ4v) is 3.13. The quantitative estimate of drug-likeness (QED) is 0.621. The van der Waals surface area contributed by atoms with E-state index in [0.29, 0.717) is 16.9 Å². The molecule has 8 nitrogen and oxygen atoms in total. The lowest BCUT2D eigenvalue weighted by atomic mass is 10.1. The first-order chi connectivity index (χ1) is 13.0. The molecule has 1 fully saturated rings. The Balaban J connectivity index is 1.81. The van der Waals surface area contributed by atoms with E-state index >= 15 is 0 Å². The Morgan fingerprint density at radius 1 is 1.00 bits per heavy atom. The smallest absolute Gasteiger partial charge is 0.293 e. The van der Waals surface area contributed by atoms with E-state index in [1.54, 1.807) is 24.3 Å². The Morgan fingerprint density at radius 3 is 2.22 bits per heavy atom. The van der Waals surface area contributed by atoms with Crippen LogP contribution in [-0.2, 0) is 0 Å². The van der Waals surface area contributed by atoms with Gasteiger partial charge < -0.3 is 16.0 Å². The number of nitro groups is 1. The zero-order chi connectivity index (χ0) is 19.4. The average molecular weight is 368 g/mol. The number of nitrogens with one attached hydrogen (secondary N) is 1. The van der Waals surface area contributed by atoms with E-state index in [9.17, 15) is 19.7 Å². The number of rotatable bonds is 5. The minimum Gasteiger partial charge on any atom is -0.366 e. The first kappa shape index (κ1) is 18.4. The lowest BCUT2D eigenvalue weighted by Gasteiger charge is -2.28. The van der Waals surface area contributed by atoms with Crippen LogP contribution < -0.4 is 16.0 Å². The number of hydrogen-bond acceptors (Lipinski definition) is 5. The van der Waals surface area contributed by atoms with Crippen LogP contribution in [0.1, 0.15) is 40.0 Å². The van der Waals surface area contributed by atoms with Crippen molar-refractivity contribution >= 4 is 28.9 Å². The Bertz CT molecular complexity index is 874.